The van der Waals surface area contributed by atoms with Crippen LogP contribution in [-0.4, -0.2) is 31.8 Å². The van der Waals surface area contributed by atoms with Gasteiger partial charge in [0.05, 0.1) is 5.69 Å². The summed E-state index contributed by atoms with van der Waals surface area (Å²) in [6.45, 7) is 2.27. The third-order valence-electron chi connectivity index (χ3n) is 4.37. The van der Waals surface area contributed by atoms with Gasteiger partial charge in [0.2, 0.25) is 0 Å². The summed E-state index contributed by atoms with van der Waals surface area (Å²) >= 11 is 0. The number of benzene rings is 1. The zero-order valence-electron chi connectivity index (χ0n) is 12.1. The number of hydrogen-bond acceptors (Lipinski definition) is 2. The van der Waals surface area contributed by atoms with Gasteiger partial charge in [-0.2, -0.15) is 0 Å². The van der Waals surface area contributed by atoms with Crippen LogP contribution in [0.4, 0.5) is 5.69 Å². The predicted molar refractivity (Wildman–Crippen MR) is 81.8 cm³/mol. The van der Waals surface area contributed by atoms with Crippen LogP contribution in [0, 0.1) is 5.41 Å². The van der Waals surface area contributed by atoms with E-state index >= 15 is 0 Å². The molecule has 0 bridgehead atoms. The maximum absolute atomic E-state index is 3.34. The Labute approximate surface area is 115 Å². The number of fused-ring (bicyclic) bond motifs is 1. The van der Waals surface area contributed by atoms with Crippen LogP contribution < -0.4 is 10.2 Å². The van der Waals surface area contributed by atoms with Gasteiger partial charge in [0.25, 0.3) is 0 Å². The standard InChI is InChI=1S/C16H23N3/c1-17-11-16(8-9-16)12-19(3)15-10-18(2)14-7-5-4-6-13(14)15/h4-7,10,17H,8-9,11-12H2,1-3H3. The van der Waals surface area contributed by atoms with Crippen molar-refractivity contribution >= 4 is 16.6 Å². The summed E-state index contributed by atoms with van der Waals surface area (Å²) in [6.07, 6.45) is 4.95. The lowest BCUT2D eigenvalue weighted by atomic mass is 10.1. The van der Waals surface area contributed by atoms with Crippen molar-refractivity contribution in [2.24, 2.45) is 12.5 Å². The maximum Gasteiger partial charge on any atom is 0.0623 e. The van der Waals surface area contributed by atoms with Crippen molar-refractivity contribution in [1.82, 2.24) is 9.88 Å². The lowest BCUT2D eigenvalue weighted by Crippen LogP contribution is -2.32. The molecule has 0 atom stereocenters. The van der Waals surface area contributed by atoms with Crippen LogP contribution in [0.5, 0.6) is 0 Å². The first-order valence-corrected chi connectivity index (χ1v) is 7.05. The largest absolute Gasteiger partial charge is 0.372 e. The molecule has 1 fully saturated rings. The Morgan fingerprint density at radius 1 is 1.32 bits per heavy atom. The van der Waals surface area contributed by atoms with Gasteiger partial charge in [-0.25, -0.2) is 0 Å². The van der Waals surface area contributed by atoms with E-state index in [2.05, 4.69) is 66.4 Å². The van der Waals surface area contributed by atoms with E-state index in [0.717, 1.165) is 13.1 Å². The predicted octanol–water partition coefficient (Wildman–Crippen LogP) is 2.61. The van der Waals surface area contributed by atoms with Gasteiger partial charge >= 0.3 is 0 Å². The van der Waals surface area contributed by atoms with Crippen LogP contribution >= 0.6 is 0 Å². The quantitative estimate of drug-likeness (QED) is 0.888. The molecule has 102 valence electrons. The van der Waals surface area contributed by atoms with Gasteiger partial charge < -0.3 is 14.8 Å². The highest BCUT2D eigenvalue weighted by Gasteiger charge is 2.42. The van der Waals surface area contributed by atoms with Crippen molar-refractivity contribution < 1.29 is 0 Å². The Bertz CT molecular complexity index is 581. The van der Waals surface area contributed by atoms with Gasteiger partial charge in [-0.05, 0) is 26.0 Å². The first-order valence-electron chi connectivity index (χ1n) is 7.05. The van der Waals surface area contributed by atoms with Gasteiger partial charge in [0, 0.05) is 49.7 Å². The minimum absolute atomic E-state index is 0.500. The molecule has 3 heteroatoms. The highest BCUT2D eigenvalue weighted by Crippen LogP contribution is 2.46. The topological polar surface area (TPSA) is 20.2 Å². The maximum atomic E-state index is 3.34. The molecule has 19 heavy (non-hydrogen) atoms. The summed E-state index contributed by atoms with van der Waals surface area (Å²) in [7, 11) is 6.40. The van der Waals surface area contributed by atoms with E-state index in [1.807, 2.05) is 0 Å². The molecule has 1 saturated carbocycles. The SMILES string of the molecule is CNCC1(CN(C)c2cn(C)c3ccccc23)CC1. The van der Waals surface area contributed by atoms with Crippen molar-refractivity contribution in [3.05, 3.63) is 30.5 Å². The minimum Gasteiger partial charge on any atom is -0.372 e. The molecular formula is C16H23N3. The van der Waals surface area contributed by atoms with E-state index in [-0.39, 0.29) is 0 Å². The molecule has 1 N–H and O–H groups in total. The number of rotatable bonds is 5. The fourth-order valence-electron chi connectivity index (χ4n) is 3.16. The van der Waals surface area contributed by atoms with Crippen LogP contribution in [0.15, 0.2) is 30.5 Å². The molecule has 0 unspecified atom stereocenters. The van der Waals surface area contributed by atoms with Gasteiger partial charge in [-0.1, -0.05) is 18.2 Å². The van der Waals surface area contributed by atoms with Crippen molar-refractivity contribution in [3.63, 3.8) is 0 Å². The number of nitrogens with one attached hydrogen (secondary N) is 1. The van der Waals surface area contributed by atoms with E-state index < -0.39 is 0 Å². The summed E-state index contributed by atoms with van der Waals surface area (Å²) in [4.78, 5) is 2.42. The first kappa shape index (κ1) is 12.5. The normalized spacial score (nSPS) is 16.8. The average molecular weight is 257 g/mol. The molecule has 3 rings (SSSR count). The fourth-order valence-corrected chi connectivity index (χ4v) is 3.16. The molecule has 1 aliphatic rings. The number of aryl methyl sites for hydroxylation is 1. The van der Waals surface area contributed by atoms with Crippen molar-refractivity contribution in [2.45, 2.75) is 12.8 Å². The third-order valence-corrected chi connectivity index (χ3v) is 4.37. The summed E-state index contributed by atoms with van der Waals surface area (Å²) in [5.74, 6) is 0. The Kier molecular flexibility index (Phi) is 3.02. The van der Waals surface area contributed by atoms with Crippen molar-refractivity contribution in [1.29, 1.82) is 0 Å². The molecule has 0 amide bonds. The smallest absolute Gasteiger partial charge is 0.0623 e. The van der Waals surface area contributed by atoms with Crippen LogP contribution in [0.25, 0.3) is 10.9 Å². The summed E-state index contributed by atoms with van der Waals surface area (Å²) in [6, 6.07) is 8.64. The molecule has 0 radical (unpaired) electrons. The molecule has 0 spiro atoms. The Morgan fingerprint density at radius 2 is 2.05 bits per heavy atom. The lowest BCUT2D eigenvalue weighted by molar-refractivity contribution is 0.482. The minimum atomic E-state index is 0.500. The number of nitrogens with zero attached hydrogens (tertiary/aromatic N) is 2. The summed E-state index contributed by atoms with van der Waals surface area (Å²) in [5, 5.41) is 4.69. The second-order valence-corrected chi connectivity index (χ2v) is 6.03. The Balaban J connectivity index is 1.88. The summed E-state index contributed by atoms with van der Waals surface area (Å²) < 4.78 is 2.22. The van der Waals surface area contributed by atoms with Crippen LogP contribution in [0.1, 0.15) is 12.8 Å². The monoisotopic (exact) mass is 257 g/mol. The van der Waals surface area contributed by atoms with Gasteiger partial charge in [-0.3, -0.25) is 0 Å². The Hall–Kier alpha value is -1.48. The summed E-state index contributed by atoms with van der Waals surface area (Å²) in [5.41, 5.74) is 3.16. The van der Waals surface area contributed by atoms with E-state index in [1.54, 1.807) is 0 Å². The fraction of sp³-hybridized carbons (Fsp3) is 0.500. The molecule has 1 aliphatic carbocycles. The number of hydrogen-bond donors (Lipinski definition) is 1. The van der Waals surface area contributed by atoms with Crippen LogP contribution in [-0.2, 0) is 7.05 Å². The molecule has 3 nitrogen and oxygen atoms in total. The van der Waals surface area contributed by atoms with E-state index in [4.69, 9.17) is 0 Å². The molecule has 0 saturated heterocycles. The number of anilines is 1. The second-order valence-electron chi connectivity index (χ2n) is 6.03. The zero-order valence-corrected chi connectivity index (χ0v) is 12.1. The molecule has 1 heterocycles. The first-order chi connectivity index (χ1) is 9.15. The van der Waals surface area contributed by atoms with E-state index in [9.17, 15) is 0 Å². The zero-order chi connectivity index (χ0) is 13.5. The van der Waals surface area contributed by atoms with Crippen molar-refractivity contribution in [3.8, 4) is 0 Å². The van der Waals surface area contributed by atoms with Crippen molar-refractivity contribution in [2.75, 3.05) is 32.1 Å². The van der Waals surface area contributed by atoms with E-state index in [0.29, 0.717) is 5.41 Å². The van der Waals surface area contributed by atoms with Gasteiger partial charge in [-0.15, -0.1) is 0 Å². The molecule has 0 aliphatic heterocycles. The molecule has 1 aromatic heterocycles. The average Bonchev–Trinajstić information content (AvgIpc) is 3.06. The molecule has 2 aromatic rings. The second kappa shape index (κ2) is 4.57. The van der Waals surface area contributed by atoms with Gasteiger partial charge in [0.15, 0.2) is 0 Å². The third kappa shape index (κ3) is 2.23. The molecule has 1 aromatic carbocycles. The van der Waals surface area contributed by atoms with Gasteiger partial charge in [0.1, 0.15) is 0 Å². The van der Waals surface area contributed by atoms with E-state index in [1.165, 1.54) is 29.4 Å². The molecular weight excluding hydrogens is 234 g/mol. The Morgan fingerprint density at radius 3 is 2.74 bits per heavy atom. The number of para-hydroxylation sites is 1. The highest BCUT2D eigenvalue weighted by atomic mass is 15.1. The highest BCUT2D eigenvalue weighted by molar-refractivity contribution is 5.93. The van der Waals surface area contributed by atoms with Crippen LogP contribution in [0.2, 0.25) is 0 Å². The number of aromatic nitrogens is 1. The van der Waals surface area contributed by atoms with Crippen LogP contribution in [0.3, 0.4) is 0 Å². The lowest BCUT2D eigenvalue weighted by Gasteiger charge is -2.25.